The van der Waals surface area contributed by atoms with Gasteiger partial charge < -0.3 is 11.1 Å². The van der Waals surface area contributed by atoms with Gasteiger partial charge in [-0.15, -0.1) is 0 Å². The molecule has 4 heteroatoms. The van der Waals surface area contributed by atoms with Gasteiger partial charge in [0.25, 0.3) is 0 Å². The maximum Gasteiger partial charge on any atom is 0.123 e. The predicted molar refractivity (Wildman–Crippen MR) is 74.7 cm³/mol. The fourth-order valence-corrected chi connectivity index (χ4v) is 1.73. The first kappa shape index (κ1) is 12.4. The summed E-state index contributed by atoms with van der Waals surface area (Å²) in [5.74, 6) is 1.13. The average molecular weight is 242 g/mol. The molecule has 2 aromatic rings. The van der Waals surface area contributed by atoms with E-state index in [1.807, 2.05) is 18.3 Å². The number of anilines is 3. The van der Waals surface area contributed by atoms with Gasteiger partial charge in [0.2, 0.25) is 0 Å². The summed E-state index contributed by atoms with van der Waals surface area (Å²) in [6.45, 7) is 4.37. The molecule has 0 aliphatic heterocycles. The Hall–Kier alpha value is -2.10. The van der Waals surface area contributed by atoms with E-state index in [0.717, 1.165) is 23.5 Å². The number of nitrogens with zero attached hydrogens (tertiary/aromatic N) is 2. The third-order valence-corrected chi connectivity index (χ3v) is 2.51. The van der Waals surface area contributed by atoms with Crippen LogP contribution < -0.4 is 11.1 Å². The molecule has 0 saturated heterocycles. The summed E-state index contributed by atoms with van der Waals surface area (Å²) in [6, 6.07) is 7.69. The molecule has 2 aromatic heterocycles. The van der Waals surface area contributed by atoms with E-state index in [9.17, 15) is 0 Å². The molecule has 0 radical (unpaired) electrons. The Bertz CT molecular complexity index is 505. The van der Waals surface area contributed by atoms with Gasteiger partial charge in [-0.2, -0.15) is 0 Å². The fraction of sp³-hybridized carbons (Fsp3) is 0.286. The van der Waals surface area contributed by atoms with Crippen molar-refractivity contribution in [1.82, 2.24) is 9.97 Å². The fourth-order valence-electron chi connectivity index (χ4n) is 1.73. The van der Waals surface area contributed by atoms with Gasteiger partial charge in [-0.05, 0) is 36.6 Å². The van der Waals surface area contributed by atoms with Crippen molar-refractivity contribution < 1.29 is 0 Å². The average Bonchev–Trinajstić information content (AvgIpc) is 2.32. The predicted octanol–water partition coefficient (Wildman–Crippen LogP) is 3.00. The normalized spacial score (nSPS) is 10.6. The molecule has 2 rings (SSSR count). The van der Waals surface area contributed by atoms with Crippen molar-refractivity contribution in [1.29, 1.82) is 0 Å². The zero-order valence-corrected chi connectivity index (χ0v) is 10.7. The molecule has 0 aromatic carbocycles. The van der Waals surface area contributed by atoms with Crippen LogP contribution in [-0.4, -0.2) is 9.97 Å². The second kappa shape index (κ2) is 5.49. The second-order valence-corrected chi connectivity index (χ2v) is 4.73. The molecule has 2 heterocycles. The Kier molecular flexibility index (Phi) is 3.77. The highest BCUT2D eigenvalue weighted by Gasteiger charge is 2.01. The van der Waals surface area contributed by atoms with E-state index >= 15 is 0 Å². The van der Waals surface area contributed by atoms with Gasteiger partial charge in [-0.3, -0.25) is 4.98 Å². The summed E-state index contributed by atoms with van der Waals surface area (Å²) in [5, 5.41) is 3.29. The van der Waals surface area contributed by atoms with Crippen LogP contribution in [0.2, 0.25) is 0 Å². The molecule has 0 saturated carbocycles. The van der Waals surface area contributed by atoms with E-state index in [1.165, 1.54) is 0 Å². The van der Waals surface area contributed by atoms with Crippen molar-refractivity contribution in [2.45, 2.75) is 20.3 Å². The molecule has 0 fully saturated rings. The first-order valence-corrected chi connectivity index (χ1v) is 6.07. The third-order valence-electron chi connectivity index (χ3n) is 2.51. The number of nitrogen functional groups attached to an aromatic ring is 1. The number of hydrogen-bond donors (Lipinski definition) is 2. The molecular weight excluding hydrogens is 224 g/mol. The van der Waals surface area contributed by atoms with Crippen LogP contribution in [0.3, 0.4) is 0 Å². The highest BCUT2D eigenvalue weighted by Crippen LogP contribution is 2.17. The second-order valence-electron chi connectivity index (χ2n) is 4.73. The monoisotopic (exact) mass is 242 g/mol. The summed E-state index contributed by atoms with van der Waals surface area (Å²) in [7, 11) is 0. The Morgan fingerprint density at radius 1 is 1.17 bits per heavy atom. The van der Waals surface area contributed by atoms with Crippen molar-refractivity contribution in [2.75, 3.05) is 11.1 Å². The van der Waals surface area contributed by atoms with Crippen molar-refractivity contribution in [2.24, 2.45) is 5.92 Å². The third kappa shape index (κ3) is 3.45. The molecule has 0 unspecified atom stereocenters. The number of rotatable bonds is 4. The van der Waals surface area contributed by atoms with Crippen molar-refractivity contribution >= 4 is 17.2 Å². The van der Waals surface area contributed by atoms with Gasteiger partial charge in [-0.1, -0.05) is 13.8 Å². The largest absolute Gasteiger partial charge is 0.384 e. The van der Waals surface area contributed by atoms with E-state index in [1.54, 1.807) is 12.3 Å². The first-order chi connectivity index (χ1) is 8.63. The Labute approximate surface area is 107 Å². The highest BCUT2D eigenvalue weighted by molar-refractivity contribution is 5.59. The van der Waals surface area contributed by atoms with Crippen LogP contribution in [0.5, 0.6) is 0 Å². The smallest absolute Gasteiger partial charge is 0.123 e. The number of nitrogens with two attached hydrogens (primary N) is 1. The Morgan fingerprint density at radius 3 is 2.67 bits per heavy atom. The molecule has 0 spiro atoms. The standard InChI is InChI=1S/C14H18N4/c1-10(2)7-13-8-11(5-6-16-13)18-12-3-4-14(15)17-9-12/h3-6,8-10H,7H2,1-2H3,(H2,15,17)(H,16,18). The minimum absolute atomic E-state index is 0.524. The molecular formula is C14H18N4. The maximum atomic E-state index is 5.55. The van der Waals surface area contributed by atoms with Crippen molar-refractivity contribution in [3.63, 3.8) is 0 Å². The lowest BCUT2D eigenvalue weighted by Crippen LogP contribution is -1.99. The van der Waals surface area contributed by atoms with Crippen LogP contribution in [-0.2, 0) is 6.42 Å². The van der Waals surface area contributed by atoms with Gasteiger partial charge in [-0.25, -0.2) is 4.98 Å². The van der Waals surface area contributed by atoms with Gasteiger partial charge in [0.1, 0.15) is 5.82 Å². The van der Waals surface area contributed by atoms with E-state index in [2.05, 4.69) is 35.2 Å². The molecule has 0 bridgehead atoms. The van der Waals surface area contributed by atoms with E-state index < -0.39 is 0 Å². The summed E-state index contributed by atoms with van der Waals surface area (Å²) in [6.07, 6.45) is 4.53. The van der Waals surface area contributed by atoms with Crippen LogP contribution in [0.1, 0.15) is 19.5 Å². The van der Waals surface area contributed by atoms with Crippen molar-refractivity contribution in [3.8, 4) is 0 Å². The topological polar surface area (TPSA) is 63.8 Å². The molecule has 4 nitrogen and oxygen atoms in total. The van der Waals surface area contributed by atoms with Crippen LogP contribution in [0.25, 0.3) is 0 Å². The van der Waals surface area contributed by atoms with Gasteiger partial charge in [0.15, 0.2) is 0 Å². The maximum absolute atomic E-state index is 5.55. The highest BCUT2D eigenvalue weighted by atomic mass is 14.9. The van der Waals surface area contributed by atoms with Crippen molar-refractivity contribution in [3.05, 3.63) is 42.4 Å². The molecule has 18 heavy (non-hydrogen) atoms. The van der Waals surface area contributed by atoms with Gasteiger partial charge >= 0.3 is 0 Å². The quantitative estimate of drug-likeness (QED) is 0.865. The Morgan fingerprint density at radius 2 is 2.00 bits per heavy atom. The summed E-state index contributed by atoms with van der Waals surface area (Å²) in [5.41, 5.74) is 8.59. The lowest BCUT2D eigenvalue weighted by atomic mass is 10.1. The lowest BCUT2D eigenvalue weighted by Gasteiger charge is -2.09. The number of aromatic nitrogens is 2. The first-order valence-electron chi connectivity index (χ1n) is 6.07. The number of hydrogen-bond acceptors (Lipinski definition) is 4. The molecule has 3 N–H and O–H groups in total. The molecule has 0 aliphatic rings. The minimum Gasteiger partial charge on any atom is -0.384 e. The lowest BCUT2D eigenvalue weighted by molar-refractivity contribution is 0.635. The summed E-state index contributed by atoms with van der Waals surface area (Å²) >= 11 is 0. The van der Waals surface area contributed by atoms with Crippen LogP contribution in [0.4, 0.5) is 17.2 Å². The van der Waals surface area contributed by atoms with Crippen LogP contribution >= 0.6 is 0 Å². The van der Waals surface area contributed by atoms with E-state index in [0.29, 0.717) is 11.7 Å². The van der Waals surface area contributed by atoms with Crippen LogP contribution in [0, 0.1) is 5.92 Å². The molecule has 0 atom stereocenters. The molecule has 0 aliphatic carbocycles. The molecule has 94 valence electrons. The number of pyridine rings is 2. The van der Waals surface area contributed by atoms with Crippen LogP contribution in [0.15, 0.2) is 36.7 Å². The van der Waals surface area contributed by atoms with Gasteiger partial charge in [0, 0.05) is 17.6 Å². The summed E-state index contributed by atoms with van der Waals surface area (Å²) < 4.78 is 0. The van der Waals surface area contributed by atoms with E-state index in [4.69, 9.17) is 5.73 Å². The SMILES string of the molecule is CC(C)Cc1cc(Nc2ccc(N)nc2)ccn1. The number of nitrogens with one attached hydrogen (secondary N) is 1. The molecule has 0 amide bonds. The Balaban J connectivity index is 2.11. The zero-order valence-electron chi connectivity index (χ0n) is 10.7. The van der Waals surface area contributed by atoms with Gasteiger partial charge in [0.05, 0.1) is 11.9 Å². The minimum atomic E-state index is 0.524. The summed E-state index contributed by atoms with van der Waals surface area (Å²) in [4.78, 5) is 8.41. The zero-order chi connectivity index (χ0) is 13.0. The van der Waals surface area contributed by atoms with E-state index in [-0.39, 0.29) is 0 Å².